The monoisotopic (exact) mass is 238 g/mol. The summed E-state index contributed by atoms with van der Waals surface area (Å²) in [6, 6.07) is 0. The van der Waals surface area contributed by atoms with Crippen LogP contribution < -0.4 is 5.32 Å². The average molecular weight is 238 g/mol. The number of hydrogen-bond donors (Lipinski definition) is 1. The molecule has 2 rings (SSSR count). The van der Waals surface area contributed by atoms with Crippen LogP contribution in [0.2, 0.25) is 0 Å². The highest BCUT2D eigenvalue weighted by molar-refractivity contribution is 5.04. The van der Waals surface area contributed by atoms with Crippen LogP contribution in [0, 0.1) is 12.8 Å². The van der Waals surface area contributed by atoms with Crippen molar-refractivity contribution in [3.05, 3.63) is 11.4 Å². The molecule has 0 aromatic carbocycles. The van der Waals surface area contributed by atoms with Crippen LogP contribution in [0.3, 0.4) is 0 Å². The first-order valence-electron chi connectivity index (χ1n) is 6.44. The summed E-state index contributed by atoms with van der Waals surface area (Å²) < 4.78 is 4.73. The van der Waals surface area contributed by atoms with E-state index in [0.29, 0.717) is 0 Å². The third kappa shape index (κ3) is 3.51. The van der Waals surface area contributed by atoms with Crippen molar-refractivity contribution in [2.24, 2.45) is 5.92 Å². The minimum Gasteiger partial charge on any atom is -0.320 e. The molecule has 0 amide bonds. The van der Waals surface area contributed by atoms with Gasteiger partial charge in [-0.3, -0.25) is 4.90 Å². The quantitative estimate of drug-likeness (QED) is 0.835. The van der Waals surface area contributed by atoms with E-state index in [0.717, 1.165) is 30.4 Å². The van der Waals surface area contributed by atoms with Crippen molar-refractivity contribution in [2.75, 3.05) is 26.7 Å². The van der Waals surface area contributed by atoms with Crippen LogP contribution in [0.5, 0.6) is 0 Å². The van der Waals surface area contributed by atoms with Gasteiger partial charge in [-0.25, -0.2) is 4.63 Å². The van der Waals surface area contributed by atoms with Crippen LogP contribution in [-0.2, 0) is 6.54 Å². The Labute approximate surface area is 103 Å². The molecular weight excluding hydrogens is 216 g/mol. The second-order valence-electron chi connectivity index (χ2n) is 4.91. The Morgan fingerprint density at radius 2 is 2.12 bits per heavy atom. The van der Waals surface area contributed by atoms with E-state index in [2.05, 4.69) is 20.5 Å². The summed E-state index contributed by atoms with van der Waals surface area (Å²) >= 11 is 0. The molecule has 17 heavy (non-hydrogen) atoms. The molecule has 5 heteroatoms. The Balaban J connectivity index is 1.74. The molecule has 1 fully saturated rings. The van der Waals surface area contributed by atoms with Gasteiger partial charge < -0.3 is 5.32 Å². The SMILES string of the molecule is CNCCC1CCN(Cc2nonc2C)CC1. The third-order valence-electron chi connectivity index (χ3n) is 3.63. The first kappa shape index (κ1) is 12.5. The molecule has 96 valence electrons. The molecule has 5 nitrogen and oxygen atoms in total. The van der Waals surface area contributed by atoms with Crippen molar-refractivity contribution in [1.82, 2.24) is 20.5 Å². The second-order valence-corrected chi connectivity index (χ2v) is 4.91. The van der Waals surface area contributed by atoms with E-state index in [1.165, 1.54) is 32.4 Å². The lowest BCUT2D eigenvalue weighted by Crippen LogP contribution is -2.34. The molecule has 1 N–H and O–H groups in total. The average Bonchev–Trinajstić information content (AvgIpc) is 2.74. The first-order chi connectivity index (χ1) is 8.29. The van der Waals surface area contributed by atoms with Gasteiger partial charge in [0, 0.05) is 6.54 Å². The molecule has 1 aromatic heterocycles. The molecule has 0 bridgehead atoms. The number of nitrogens with one attached hydrogen (secondary N) is 1. The number of likely N-dealkylation sites (tertiary alicyclic amines) is 1. The Morgan fingerprint density at radius 1 is 1.35 bits per heavy atom. The predicted octanol–water partition coefficient (Wildman–Crippen LogP) is 1.20. The molecule has 0 aliphatic carbocycles. The van der Waals surface area contributed by atoms with E-state index in [-0.39, 0.29) is 0 Å². The van der Waals surface area contributed by atoms with Crippen LogP contribution in [0.15, 0.2) is 4.63 Å². The maximum atomic E-state index is 4.73. The normalized spacial score (nSPS) is 18.7. The number of rotatable bonds is 5. The van der Waals surface area contributed by atoms with E-state index in [4.69, 9.17) is 4.63 Å². The zero-order chi connectivity index (χ0) is 12.1. The molecule has 0 saturated carbocycles. The third-order valence-corrected chi connectivity index (χ3v) is 3.63. The summed E-state index contributed by atoms with van der Waals surface area (Å²) in [5, 5.41) is 11.0. The summed E-state index contributed by atoms with van der Waals surface area (Å²) in [5.74, 6) is 0.884. The molecule has 1 aliphatic heterocycles. The highest BCUT2D eigenvalue weighted by atomic mass is 16.6. The van der Waals surface area contributed by atoms with Crippen LogP contribution in [-0.4, -0.2) is 41.9 Å². The second kappa shape index (κ2) is 6.12. The molecule has 2 heterocycles. The first-order valence-corrected chi connectivity index (χ1v) is 6.44. The van der Waals surface area contributed by atoms with E-state index >= 15 is 0 Å². The van der Waals surface area contributed by atoms with Crippen LogP contribution in [0.4, 0.5) is 0 Å². The van der Waals surface area contributed by atoms with Gasteiger partial charge in [-0.15, -0.1) is 0 Å². The molecule has 0 radical (unpaired) electrons. The van der Waals surface area contributed by atoms with Gasteiger partial charge in [0.15, 0.2) is 0 Å². The molecular formula is C12H22N4O. The van der Waals surface area contributed by atoms with E-state index in [1.54, 1.807) is 0 Å². The summed E-state index contributed by atoms with van der Waals surface area (Å²) in [6.07, 6.45) is 3.90. The highest BCUT2D eigenvalue weighted by Gasteiger charge is 2.20. The summed E-state index contributed by atoms with van der Waals surface area (Å²) in [4.78, 5) is 2.45. The van der Waals surface area contributed by atoms with E-state index in [1.807, 2.05) is 14.0 Å². The zero-order valence-corrected chi connectivity index (χ0v) is 10.8. The Kier molecular flexibility index (Phi) is 4.50. The van der Waals surface area contributed by atoms with Gasteiger partial charge >= 0.3 is 0 Å². The number of nitrogens with zero attached hydrogens (tertiary/aromatic N) is 3. The van der Waals surface area contributed by atoms with Crippen molar-refractivity contribution in [2.45, 2.75) is 32.7 Å². The minimum absolute atomic E-state index is 0.883. The highest BCUT2D eigenvalue weighted by Crippen LogP contribution is 2.21. The lowest BCUT2D eigenvalue weighted by Gasteiger charge is -2.31. The van der Waals surface area contributed by atoms with E-state index in [9.17, 15) is 0 Å². The smallest absolute Gasteiger partial charge is 0.122 e. The fourth-order valence-electron chi connectivity index (χ4n) is 2.39. The van der Waals surface area contributed by atoms with Crippen LogP contribution >= 0.6 is 0 Å². The van der Waals surface area contributed by atoms with Crippen molar-refractivity contribution in [3.63, 3.8) is 0 Å². The van der Waals surface area contributed by atoms with Gasteiger partial charge in [-0.1, -0.05) is 10.3 Å². The molecule has 0 unspecified atom stereocenters. The maximum absolute atomic E-state index is 4.73. The summed E-state index contributed by atoms with van der Waals surface area (Å²) in [5.41, 5.74) is 1.90. The summed E-state index contributed by atoms with van der Waals surface area (Å²) in [7, 11) is 2.02. The molecule has 0 atom stereocenters. The standard InChI is InChI=1S/C12H22N4O/c1-10-12(15-17-14-10)9-16-7-4-11(5-8-16)3-6-13-2/h11,13H,3-9H2,1-2H3. The van der Waals surface area contributed by atoms with Crippen molar-refractivity contribution < 1.29 is 4.63 Å². The van der Waals surface area contributed by atoms with Gasteiger partial charge in [-0.05, 0) is 58.8 Å². The van der Waals surface area contributed by atoms with Gasteiger partial charge in [-0.2, -0.15) is 0 Å². The maximum Gasteiger partial charge on any atom is 0.122 e. The fourth-order valence-corrected chi connectivity index (χ4v) is 2.39. The van der Waals surface area contributed by atoms with Crippen molar-refractivity contribution in [3.8, 4) is 0 Å². The van der Waals surface area contributed by atoms with Crippen molar-refractivity contribution >= 4 is 0 Å². The lowest BCUT2D eigenvalue weighted by atomic mass is 9.93. The Morgan fingerprint density at radius 3 is 2.71 bits per heavy atom. The molecule has 1 aliphatic rings. The van der Waals surface area contributed by atoms with Gasteiger partial charge in [0.05, 0.1) is 0 Å². The largest absolute Gasteiger partial charge is 0.320 e. The van der Waals surface area contributed by atoms with Gasteiger partial charge in [0.25, 0.3) is 0 Å². The molecule has 0 spiro atoms. The van der Waals surface area contributed by atoms with Gasteiger partial charge in [0.1, 0.15) is 11.4 Å². The van der Waals surface area contributed by atoms with E-state index < -0.39 is 0 Å². The number of piperidine rings is 1. The fraction of sp³-hybridized carbons (Fsp3) is 0.833. The Bertz CT molecular complexity index is 331. The molecule has 1 saturated heterocycles. The minimum atomic E-state index is 0.883. The zero-order valence-electron chi connectivity index (χ0n) is 10.8. The molecule has 1 aromatic rings. The topological polar surface area (TPSA) is 54.2 Å². The van der Waals surface area contributed by atoms with Crippen molar-refractivity contribution in [1.29, 1.82) is 0 Å². The lowest BCUT2D eigenvalue weighted by molar-refractivity contribution is 0.168. The van der Waals surface area contributed by atoms with Crippen LogP contribution in [0.1, 0.15) is 30.7 Å². The van der Waals surface area contributed by atoms with Crippen LogP contribution in [0.25, 0.3) is 0 Å². The number of aryl methyl sites for hydroxylation is 1. The Hall–Kier alpha value is -0.940. The predicted molar refractivity (Wildman–Crippen MR) is 65.6 cm³/mol. The number of aromatic nitrogens is 2. The summed E-state index contributed by atoms with van der Waals surface area (Å²) in [6.45, 7) is 6.30. The number of hydrogen-bond acceptors (Lipinski definition) is 5. The van der Waals surface area contributed by atoms with Gasteiger partial charge in [0.2, 0.25) is 0 Å².